The SMILES string of the molecule is CCCCCCCCCCCc1c[se]c2ccsc12. The fourth-order valence-corrected chi connectivity index (χ4v) is 6.23. The predicted molar refractivity (Wildman–Crippen MR) is 89.7 cm³/mol. The molecule has 0 bridgehead atoms. The van der Waals surface area contributed by atoms with E-state index in [-0.39, 0.29) is 0 Å². The van der Waals surface area contributed by atoms with E-state index in [9.17, 15) is 0 Å². The Bertz CT molecular complexity index is 454. The summed E-state index contributed by atoms with van der Waals surface area (Å²) in [5.74, 6) is 0. The minimum atomic E-state index is 0.643. The van der Waals surface area contributed by atoms with E-state index in [1.807, 2.05) is 11.3 Å². The van der Waals surface area contributed by atoms with E-state index in [1.165, 1.54) is 64.2 Å². The standard InChI is InChI=1S/C17H26SSe/c1-2-3-4-5-6-7-8-9-10-11-15-14-19-16-12-13-18-17(15)16/h12-14H,2-11H2,1H3. The fourth-order valence-electron chi connectivity index (χ4n) is 2.61. The molecule has 0 amide bonds. The van der Waals surface area contributed by atoms with Gasteiger partial charge in [-0.3, -0.25) is 0 Å². The zero-order chi connectivity index (χ0) is 13.3. The van der Waals surface area contributed by atoms with Gasteiger partial charge in [0, 0.05) is 0 Å². The summed E-state index contributed by atoms with van der Waals surface area (Å²) in [6.45, 7) is 2.29. The summed E-state index contributed by atoms with van der Waals surface area (Å²) in [4.78, 5) is 2.51. The molecule has 0 saturated heterocycles. The van der Waals surface area contributed by atoms with Crippen molar-refractivity contribution >= 4 is 34.8 Å². The van der Waals surface area contributed by atoms with E-state index in [1.54, 1.807) is 14.5 Å². The van der Waals surface area contributed by atoms with Gasteiger partial charge in [0.15, 0.2) is 0 Å². The number of fused-ring (bicyclic) bond motifs is 1. The van der Waals surface area contributed by atoms with E-state index < -0.39 is 0 Å². The van der Waals surface area contributed by atoms with Crippen molar-refractivity contribution in [3.05, 3.63) is 22.0 Å². The number of thiophene rings is 1. The maximum absolute atomic E-state index is 2.51. The molecule has 0 unspecified atom stereocenters. The van der Waals surface area contributed by atoms with Crippen LogP contribution in [0.25, 0.3) is 8.96 Å². The molecule has 0 fully saturated rings. The Morgan fingerprint density at radius 3 is 2.37 bits per heavy atom. The quantitative estimate of drug-likeness (QED) is 0.365. The normalized spacial score (nSPS) is 11.4. The molecule has 0 spiro atoms. The summed E-state index contributed by atoms with van der Waals surface area (Å²) in [6.07, 6.45) is 14.2. The molecule has 106 valence electrons. The average molecular weight is 341 g/mol. The molecule has 2 rings (SSSR count). The van der Waals surface area contributed by atoms with Crippen LogP contribution in [-0.2, 0) is 6.42 Å². The zero-order valence-corrected chi connectivity index (χ0v) is 14.6. The third-order valence-corrected chi connectivity index (χ3v) is 7.17. The van der Waals surface area contributed by atoms with Crippen molar-refractivity contribution in [2.24, 2.45) is 0 Å². The van der Waals surface area contributed by atoms with Gasteiger partial charge in [-0.15, -0.1) is 0 Å². The molecule has 0 saturated carbocycles. The maximum atomic E-state index is 2.51. The van der Waals surface area contributed by atoms with E-state index in [0.717, 1.165) is 0 Å². The van der Waals surface area contributed by atoms with Gasteiger partial charge in [0.05, 0.1) is 0 Å². The summed E-state index contributed by atoms with van der Waals surface area (Å²) in [7, 11) is 0. The van der Waals surface area contributed by atoms with Crippen LogP contribution < -0.4 is 0 Å². The third kappa shape index (κ3) is 5.10. The van der Waals surface area contributed by atoms with Gasteiger partial charge in [0.25, 0.3) is 0 Å². The van der Waals surface area contributed by atoms with Crippen LogP contribution in [0, 0.1) is 0 Å². The van der Waals surface area contributed by atoms with Crippen molar-refractivity contribution in [3.8, 4) is 0 Å². The van der Waals surface area contributed by atoms with Crippen LogP contribution in [0.15, 0.2) is 16.4 Å². The topological polar surface area (TPSA) is 0 Å². The Kier molecular flexibility index (Phi) is 7.27. The van der Waals surface area contributed by atoms with E-state index >= 15 is 0 Å². The number of hydrogen-bond donors (Lipinski definition) is 0. The van der Waals surface area contributed by atoms with Crippen LogP contribution in [0.1, 0.15) is 70.3 Å². The molecule has 2 aromatic heterocycles. The molecule has 0 nitrogen and oxygen atoms in total. The van der Waals surface area contributed by atoms with Gasteiger partial charge in [-0.25, -0.2) is 0 Å². The third-order valence-electron chi connectivity index (χ3n) is 3.80. The monoisotopic (exact) mass is 342 g/mol. The van der Waals surface area contributed by atoms with Crippen LogP contribution in [0.5, 0.6) is 0 Å². The molecule has 2 heteroatoms. The Morgan fingerprint density at radius 2 is 1.63 bits per heavy atom. The van der Waals surface area contributed by atoms with Crippen molar-refractivity contribution < 1.29 is 0 Å². The summed E-state index contributed by atoms with van der Waals surface area (Å²) < 4.78 is 3.24. The van der Waals surface area contributed by atoms with Gasteiger partial charge >= 0.3 is 121 Å². The zero-order valence-electron chi connectivity index (χ0n) is 12.1. The number of rotatable bonds is 10. The van der Waals surface area contributed by atoms with Crippen LogP contribution in [0.3, 0.4) is 0 Å². The number of unbranched alkanes of at least 4 members (excludes halogenated alkanes) is 8. The predicted octanol–water partition coefficient (Wildman–Crippen LogP) is 6.03. The molecule has 0 radical (unpaired) electrons. The molecule has 0 atom stereocenters. The van der Waals surface area contributed by atoms with Crippen LogP contribution >= 0.6 is 11.3 Å². The number of aryl methyl sites for hydroxylation is 1. The molecule has 0 aliphatic rings. The molecule has 2 aromatic rings. The van der Waals surface area contributed by atoms with Gasteiger partial charge in [0.2, 0.25) is 0 Å². The van der Waals surface area contributed by atoms with E-state index in [0.29, 0.717) is 14.5 Å². The minimum absolute atomic E-state index is 0.643. The second-order valence-electron chi connectivity index (χ2n) is 5.45. The first-order valence-corrected chi connectivity index (χ1v) is 10.6. The second-order valence-corrected chi connectivity index (χ2v) is 8.28. The molecule has 0 aliphatic heterocycles. The number of hydrogen-bond acceptors (Lipinski definition) is 1. The average Bonchev–Trinajstić information content (AvgIpc) is 3.01. The van der Waals surface area contributed by atoms with Crippen molar-refractivity contribution in [1.29, 1.82) is 0 Å². The first-order valence-electron chi connectivity index (χ1n) is 7.85. The van der Waals surface area contributed by atoms with Crippen LogP contribution in [0.4, 0.5) is 0 Å². The van der Waals surface area contributed by atoms with Crippen molar-refractivity contribution in [2.45, 2.75) is 71.1 Å². The van der Waals surface area contributed by atoms with Crippen molar-refractivity contribution in [1.82, 2.24) is 0 Å². The Morgan fingerprint density at radius 1 is 0.947 bits per heavy atom. The van der Waals surface area contributed by atoms with Gasteiger partial charge in [0.1, 0.15) is 0 Å². The summed E-state index contributed by atoms with van der Waals surface area (Å²) in [6, 6.07) is 2.32. The van der Waals surface area contributed by atoms with Crippen LogP contribution in [0.2, 0.25) is 0 Å². The van der Waals surface area contributed by atoms with Crippen molar-refractivity contribution in [2.75, 3.05) is 0 Å². The first kappa shape index (κ1) is 15.4. The molecular formula is C17H26SSe. The molecule has 0 aromatic carbocycles. The Labute approximate surface area is 128 Å². The van der Waals surface area contributed by atoms with Gasteiger partial charge in [-0.1, -0.05) is 6.92 Å². The van der Waals surface area contributed by atoms with Gasteiger partial charge < -0.3 is 0 Å². The Hall–Kier alpha value is -0.0405. The molecule has 0 N–H and O–H groups in total. The molecular weight excluding hydrogens is 315 g/mol. The van der Waals surface area contributed by atoms with Gasteiger partial charge in [-0.05, 0) is 0 Å². The van der Waals surface area contributed by atoms with E-state index in [4.69, 9.17) is 0 Å². The Balaban J connectivity index is 1.52. The second kappa shape index (κ2) is 9.00. The summed E-state index contributed by atoms with van der Waals surface area (Å²) >= 11 is 2.59. The van der Waals surface area contributed by atoms with E-state index in [2.05, 4.69) is 23.3 Å². The molecule has 0 aliphatic carbocycles. The summed E-state index contributed by atoms with van der Waals surface area (Å²) in [5, 5.41) is 2.26. The summed E-state index contributed by atoms with van der Waals surface area (Å²) in [5.41, 5.74) is 1.66. The first-order chi connectivity index (χ1) is 9.42. The van der Waals surface area contributed by atoms with Crippen LogP contribution in [-0.4, -0.2) is 14.5 Å². The van der Waals surface area contributed by atoms with Gasteiger partial charge in [-0.2, -0.15) is 0 Å². The van der Waals surface area contributed by atoms with Crippen molar-refractivity contribution in [3.63, 3.8) is 0 Å². The fraction of sp³-hybridized carbons (Fsp3) is 0.647. The molecule has 19 heavy (non-hydrogen) atoms. The molecule has 2 heterocycles.